The van der Waals surface area contributed by atoms with Crippen LogP contribution in [-0.4, -0.2) is 43.3 Å². The molecule has 0 radical (unpaired) electrons. The van der Waals surface area contributed by atoms with Crippen LogP contribution in [0, 0.1) is 19.7 Å². The Balaban J connectivity index is 1.63. The molecule has 0 bridgehead atoms. The average molecular weight is 487 g/mol. The van der Waals surface area contributed by atoms with Crippen molar-refractivity contribution >= 4 is 33.4 Å². The molecule has 0 spiro atoms. The summed E-state index contributed by atoms with van der Waals surface area (Å²) in [6.45, 7) is 6.40. The van der Waals surface area contributed by atoms with Crippen LogP contribution in [0.2, 0.25) is 0 Å². The van der Waals surface area contributed by atoms with Crippen LogP contribution in [0.25, 0.3) is 33.1 Å². The van der Waals surface area contributed by atoms with Crippen LogP contribution >= 0.6 is 0 Å². The van der Waals surface area contributed by atoms with Gasteiger partial charge in [0, 0.05) is 22.7 Å². The fraction of sp³-hybridized carbons (Fsp3) is 0.240. The van der Waals surface area contributed by atoms with Gasteiger partial charge in [-0.15, -0.1) is 0 Å². The number of aryl methyl sites for hydroxylation is 1. The Morgan fingerprint density at radius 1 is 1.28 bits per heavy atom. The van der Waals surface area contributed by atoms with Crippen LogP contribution in [0.3, 0.4) is 0 Å². The second-order valence-electron chi connectivity index (χ2n) is 8.92. The standard InChI is InChI=1S/C25H23FN8O2/c1-11-9-16-15(10-29-33-16)17(12(11)2)20-19(26)21-18-23(32-25(35)31-21)34(7-8-36-24(18)30-20)13(3)14-5-4-6-28-22(14)27/h4-6,9-10,13H,7-8H2,1-3H3,(H2,27,28)(H,29,33)(H,31,32,35). The monoisotopic (exact) mass is 486 g/mol. The van der Waals surface area contributed by atoms with Gasteiger partial charge in [0.05, 0.1) is 29.8 Å². The Morgan fingerprint density at radius 3 is 2.92 bits per heavy atom. The molecule has 0 amide bonds. The quantitative estimate of drug-likeness (QED) is 0.352. The van der Waals surface area contributed by atoms with E-state index in [2.05, 4.69) is 30.1 Å². The van der Waals surface area contributed by atoms with Crippen molar-refractivity contribution < 1.29 is 9.13 Å². The number of nitrogens with two attached hydrogens (primary N) is 1. The van der Waals surface area contributed by atoms with Gasteiger partial charge in [0.15, 0.2) is 5.82 Å². The lowest BCUT2D eigenvalue weighted by atomic mass is 9.96. The zero-order valence-electron chi connectivity index (χ0n) is 19.9. The molecule has 10 nitrogen and oxygen atoms in total. The minimum absolute atomic E-state index is 0.0131. The minimum Gasteiger partial charge on any atom is -0.475 e. The lowest BCUT2D eigenvalue weighted by Gasteiger charge is -2.29. The molecule has 1 aromatic carbocycles. The first kappa shape index (κ1) is 22.0. The van der Waals surface area contributed by atoms with Crippen molar-refractivity contribution in [2.75, 3.05) is 23.8 Å². The fourth-order valence-electron chi connectivity index (χ4n) is 4.94. The van der Waals surface area contributed by atoms with E-state index in [9.17, 15) is 4.79 Å². The molecule has 11 heteroatoms. The predicted molar refractivity (Wildman–Crippen MR) is 135 cm³/mol. The Bertz CT molecular complexity index is 1730. The van der Waals surface area contributed by atoms with E-state index in [1.165, 1.54) is 0 Å². The number of fused-ring (bicyclic) bond motifs is 1. The Labute approximate surface area is 204 Å². The maximum absolute atomic E-state index is 16.3. The largest absolute Gasteiger partial charge is 0.475 e. The summed E-state index contributed by atoms with van der Waals surface area (Å²) in [7, 11) is 0. The van der Waals surface area contributed by atoms with Crippen molar-refractivity contribution in [2.24, 2.45) is 0 Å². The van der Waals surface area contributed by atoms with Gasteiger partial charge in [0.2, 0.25) is 5.88 Å². The Hall–Kier alpha value is -4.54. The van der Waals surface area contributed by atoms with Gasteiger partial charge in [-0.3, -0.25) is 5.10 Å². The van der Waals surface area contributed by atoms with E-state index < -0.39 is 11.5 Å². The Kier molecular flexibility index (Phi) is 4.88. The predicted octanol–water partition coefficient (Wildman–Crippen LogP) is 3.55. The number of hydrogen-bond acceptors (Lipinski definition) is 8. The number of pyridine rings is 2. The van der Waals surface area contributed by atoms with Crippen LogP contribution in [0.4, 0.5) is 16.0 Å². The number of halogens is 1. The summed E-state index contributed by atoms with van der Waals surface area (Å²) >= 11 is 0. The highest BCUT2D eigenvalue weighted by Gasteiger charge is 2.30. The van der Waals surface area contributed by atoms with Crippen molar-refractivity contribution in [3.63, 3.8) is 0 Å². The van der Waals surface area contributed by atoms with Gasteiger partial charge in [0.1, 0.15) is 29.3 Å². The van der Waals surface area contributed by atoms with Crippen LogP contribution in [0.1, 0.15) is 29.7 Å². The number of hydrogen-bond donors (Lipinski definition) is 3. The van der Waals surface area contributed by atoms with E-state index in [4.69, 9.17) is 10.5 Å². The third-order valence-corrected chi connectivity index (χ3v) is 6.90. The van der Waals surface area contributed by atoms with E-state index >= 15 is 4.39 Å². The number of aromatic nitrogens is 6. The van der Waals surface area contributed by atoms with Gasteiger partial charge in [-0.1, -0.05) is 6.07 Å². The molecule has 1 aliphatic rings. The van der Waals surface area contributed by atoms with Gasteiger partial charge in [0.25, 0.3) is 0 Å². The summed E-state index contributed by atoms with van der Waals surface area (Å²) in [5.74, 6) is 0.191. The van der Waals surface area contributed by atoms with E-state index in [1.54, 1.807) is 18.5 Å². The summed E-state index contributed by atoms with van der Waals surface area (Å²) < 4.78 is 22.3. The molecule has 1 unspecified atom stereocenters. The van der Waals surface area contributed by atoms with Gasteiger partial charge in [-0.05, 0) is 44.0 Å². The lowest BCUT2D eigenvalue weighted by molar-refractivity contribution is 0.316. The smallest absolute Gasteiger partial charge is 0.347 e. The van der Waals surface area contributed by atoms with Crippen LogP contribution in [0.15, 0.2) is 35.4 Å². The highest BCUT2D eigenvalue weighted by Crippen LogP contribution is 2.42. The normalized spacial score (nSPS) is 14.2. The molecule has 5 heterocycles. The van der Waals surface area contributed by atoms with Crippen molar-refractivity contribution in [3.8, 4) is 17.1 Å². The van der Waals surface area contributed by atoms with Gasteiger partial charge < -0.3 is 20.4 Å². The number of nitrogens with one attached hydrogen (secondary N) is 2. The number of H-pyrrole nitrogens is 2. The third kappa shape index (κ3) is 3.19. The summed E-state index contributed by atoms with van der Waals surface area (Å²) in [5.41, 5.74) is 9.44. The summed E-state index contributed by atoms with van der Waals surface area (Å²) in [5, 5.41) is 8.09. The first-order chi connectivity index (χ1) is 17.3. The van der Waals surface area contributed by atoms with Crippen molar-refractivity contribution in [1.29, 1.82) is 0 Å². The number of rotatable bonds is 3. The second-order valence-corrected chi connectivity index (χ2v) is 8.92. The van der Waals surface area contributed by atoms with E-state index in [-0.39, 0.29) is 35.6 Å². The number of aromatic amines is 2. The summed E-state index contributed by atoms with van der Waals surface area (Å²) in [6.07, 6.45) is 3.25. The second kappa shape index (κ2) is 8.01. The molecule has 4 N–H and O–H groups in total. The highest BCUT2D eigenvalue weighted by atomic mass is 19.1. The molecule has 1 atom stereocenters. The number of anilines is 2. The molecule has 0 aliphatic carbocycles. The molecule has 182 valence electrons. The van der Waals surface area contributed by atoms with Crippen LogP contribution in [-0.2, 0) is 0 Å². The SMILES string of the molecule is Cc1cc2[nH]ncc2c(-c2nc3c4c(nc(=O)[nH]c4c2F)N(C(C)c2cccnc2N)CCO3)c1C. The number of nitrogen functional groups attached to an aromatic ring is 1. The molecule has 0 fully saturated rings. The number of nitrogens with zero attached hydrogens (tertiary/aromatic N) is 5. The lowest BCUT2D eigenvalue weighted by Crippen LogP contribution is -2.32. The first-order valence-electron chi connectivity index (χ1n) is 11.5. The van der Waals surface area contributed by atoms with Crippen molar-refractivity contribution in [3.05, 3.63) is 63.6 Å². The topological polar surface area (TPSA) is 139 Å². The summed E-state index contributed by atoms with van der Waals surface area (Å²) in [6, 6.07) is 5.30. The first-order valence-corrected chi connectivity index (χ1v) is 11.5. The van der Waals surface area contributed by atoms with Crippen LogP contribution in [0.5, 0.6) is 5.88 Å². The zero-order chi connectivity index (χ0) is 25.1. The molecular formula is C25H23FN8O2. The number of ether oxygens (including phenoxy) is 1. The molecular weight excluding hydrogens is 463 g/mol. The van der Waals surface area contributed by atoms with Crippen molar-refractivity contribution in [2.45, 2.75) is 26.8 Å². The maximum atomic E-state index is 16.3. The highest BCUT2D eigenvalue weighted by molar-refractivity contribution is 6.01. The van der Waals surface area contributed by atoms with E-state index in [0.717, 1.165) is 27.6 Å². The molecule has 0 saturated heterocycles. The molecule has 5 aromatic rings. The van der Waals surface area contributed by atoms with E-state index in [0.29, 0.717) is 23.3 Å². The molecule has 0 saturated carbocycles. The molecule has 4 aromatic heterocycles. The minimum atomic E-state index is -0.674. The molecule has 6 rings (SSSR count). The summed E-state index contributed by atoms with van der Waals surface area (Å²) in [4.78, 5) is 30.2. The average Bonchev–Trinajstić information content (AvgIpc) is 3.23. The third-order valence-electron chi connectivity index (χ3n) is 6.90. The zero-order valence-corrected chi connectivity index (χ0v) is 19.9. The molecule has 1 aliphatic heterocycles. The van der Waals surface area contributed by atoms with Gasteiger partial charge in [-0.25, -0.2) is 19.2 Å². The van der Waals surface area contributed by atoms with Crippen LogP contribution < -0.4 is 21.1 Å². The Morgan fingerprint density at radius 2 is 2.11 bits per heavy atom. The van der Waals surface area contributed by atoms with Crippen molar-refractivity contribution in [1.82, 2.24) is 30.1 Å². The fourth-order valence-corrected chi connectivity index (χ4v) is 4.94. The maximum Gasteiger partial charge on any atom is 0.347 e. The van der Waals surface area contributed by atoms with E-state index in [1.807, 2.05) is 37.8 Å². The van der Waals surface area contributed by atoms with Gasteiger partial charge >= 0.3 is 5.69 Å². The van der Waals surface area contributed by atoms with Gasteiger partial charge in [-0.2, -0.15) is 10.1 Å². The molecule has 36 heavy (non-hydrogen) atoms. The number of benzene rings is 1.